The molecule has 38 heavy (non-hydrogen) atoms. The SMILES string of the molecule is CC(C)[C@@H]1CC[C@@H](C)C[C@@]12OC(=O)C[C@]1(CC[C@@H]3[C@@]4(C)CC[C@@H]5C(C)(C)[C@H](O)CC[C@@]5(C)[C@@H]4CC[C@]31C)O2. The first-order chi connectivity index (χ1) is 17.6. The smallest absolute Gasteiger partial charge is 0.311 e. The van der Waals surface area contributed by atoms with Crippen LogP contribution in [0.2, 0.25) is 0 Å². The molecule has 0 amide bonds. The molecule has 0 bridgehead atoms. The second kappa shape index (κ2) is 8.46. The van der Waals surface area contributed by atoms with Crippen molar-refractivity contribution < 1.29 is 19.4 Å². The third-order valence-corrected chi connectivity index (χ3v) is 14.5. The van der Waals surface area contributed by atoms with E-state index < -0.39 is 11.4 Å². The molecule has 5 aliphatic carbocycles. The van der Waals surface area contributed by atoms with Crippen molar-refractivity contribution in [1.29, 1.82) is 0 Å². The first kappa shape index (κ1) is 27.6. The number of carbonyl (C=O) groups excluding carboxylic acids is 1. The van der Waals surface area contributed by atoms with E-state index in [-0.39, 0.29) is 39.7 Å². The number of carbonyl (C=O) groups is 1. The van der Waals surface area contributed by atoms with E-state index in [0.717, 1.165) is 38.5 Å². The lowest BCUT2D eigenvalue weighted by Gasteiger charge is -2.69. The van der Waals surface area contributed by atoms with Crippen LogP contribution in [0, 0.1) is 57.2 Å². The molecule has 0 aromatic rings. The highest BCUT2D eigenvalue weighted by Gasteiger charge is 2.73. The van der Waals surface area contributed by atoms with Crippen LogP contribution in [0.5, 0.6) is 0 Å². The number of aliphatic hydroxyl groups is 1. The van der Waals surface area contributed by atoms with Crippen molar-refractivity contribution in [2.24, 2.45) is 57.2 Å². The Bertz CT molecular complexity index is 974. The van der Waals surface area contributed by atoms with Gasteiger partial charge in [0, 0.05) is 17.8 Å². The maximum atomic E-state index is 13.6. The van der Waals surface area contributed by atoms with Gasteiger partial charge >= 0.3 is 5.97 Å². The minimum absolute atomic E-state index is 0.000198. The summed E-state index contributed by atoms with van der Waals surface area (Å²) in [5, 5.41) is 11.0. The monoisotopic (exact) mass is 528 g/mol. The Labute approximate surface area is 232 Å². The molecule has 0 aromatic carbocycles. The van der Waals surface area contributed by atoms with E-state index in [1.54, 1.807) is 0 Å². The van der Waals surface area contributed by atoms with Gasteiger partial charge in [-0.1, -0.05) is 55.4 Å². The molecule has 5 saturated carbocycles. The average Bonchev–Trinajstić information content (AvgIpc) is 3.07. The molecule has 1 N–H and O–H groups in total. The standard InChI is InChI=1S/C34H56O4/c1-21(2)23-10-9-22(3)19-34(23)37-28(36)20-33(38-34)18-13-26-31(7)15-11-24-29(4,5)27(35)14-16-30(24,6)25(31)12-17-32(26,33)8/h21-27,35H,9-20H2,1-8H3/t22-,23+,24-,25+,26-,27-,30-,31+,32-,33+,34+/m1/s1. The lowest BCUT2D eigenvalue weighted by molar-refractivity contribution is -0.365. The van der Waals surface area contributed by atoms with Crippen LogP contribution >= 0.6 is 0 Å². The Morgan fingerprint density at radius 3 is 2.16 bits per heavy atom. The van der Waals surface area contributed by atoms with E-state index in [9.17, 15) is 9.90 Å². The van der Waals surface area contributed by atoms with E-state index in [1.807, 2.05) is 0 Å². The van der Waals surface area contributed by atoms with Gasteiger partial charge in [0.1, 0.15) is 0 Å². The van der Waals surface area contributed by atoms with E-state index in [4.69, 9.17) is 9.47 Å². The summed E-state index contributed by atoms with van der Waals surface area (Å²) in [6.07, 6.45) is 12.5. The predicted octanol–water partition coefficient (Wildman–Crippen LogP) is 7.91. The molecule has 1 saturated heterocycles. The molecule has 6 fully saturated rings. The molecule has 0 radical (unpaired) electrons. The van der Waals surface area contributed by atoms with E-state index in [0.29, 0.717) is 36.0 Å². The maximum absolute atomic E-state index is 13.6. The van der Waals surface area contributed by atoms with Crippen LogP contribution < -0.4 is 0 Å². The first-order valence-corrected chi connectivity index (χ1v) is 16.2. The van der Waals surface area contributed by atoms with E-state index in [1.165, 1.54) is 32.1 Å². The lowest BCUT2D eigenvalue weighted by Crippen LogP contribution is -2.67. The van der Waals surface area contributed by atoms with Crippen molar-refractivity contribution in [3.05, 3.63) is 0 Å². The zero-order chi connectivity index (χ0) is 27.5. The van der Waals surface area contributed by atoms with Gasteiger partial charge in [0.15, 0.2) is 0 Å². The largest absolute Gasteiger partial charge is 0.433 e. The number of hydrogen-bond acceptors (Lipinski definition) is 4. The van der Waals surface area contributed by atoms with Crippen molar-refractivity contribution in [3.63, 3.8) is 0 Å². The highest BCUT2D eigenvalue weighted by Crippen LogP contribution is 2.76. The molecule has 11 atom stereocenters. The van der Waals surface area contributed by atoms with Crippen molar-refractivity contribution in [2.75, 3.05) is 0 Å². The molecule has 6 rings (SSSR count). The van der Waals surface area contributed by atoms with Gasteiger partial charge in [0.25, 0.3) is 0 Å². The number of aliphatic hydroxyl groups excluding tert-OH is 1. The molecular formula is C34H56O4. The third kappa shape index (κ3) is 3.43. The Hall–Kier alpha value is -0.610. The summed E-state index contributed by atoms with van der Waals surface area (Å²) in [4.78, 5) is 13.6. The van der Waals surface area contributed by atoms with E-state index in [2.05, 4.69) is 55.4 Å². The van der Waals surface area contributed by atoms with Crippen LogP contribution in [0.4, 0.5) is 0 Å². The molecule has 1 heterocycles. The molecule has 4 nitrogen and oxygen atoms in total. The number of rotatable bonds is 1. The molecule has 4 heteroatoms. The summed E-state index contributed by atoms with van der Waals surface area (Å²) < 4.78 is 13.8. The zero-order valence-corrected chi connectivity index (χ0v) is 25.7. The van der Waals surface area contributed by atoms with Crippen molar-refractivity contribution in [2.45, 2.75) is 150 Å². The van der Waals surface area contributed by atoms with Gasteiger partial charge in [0.05, 0.1) is 18.1 Å². The lowest BCUT2D eigenvalue weighted by atomic mass is 9.36. The topological polar surface area (TPSA) is 55.8 Å². The highest BCUT2D eigenvalue weighted by molar-refractivity contribution is 5.72. The molecule has 216 valence electrons. The van der Waals surface area contributed by atoms with Gasteiger partial charge in [-0.2, -0.15) is 0 Å². The molecular weight excluding hydrogens is 472 g/mol. The highest BCUT2D eigenvalue weighted by atomic mass is 16.7. The van der Waals surface area contributed by atoms with Crippen molar-refractivity contribution >= 4 is 5.97 Å². The summed E-state index contributed by atoms with van der Waals surface area (Å²) in [6, 6.07) is 0. The fourth-order valence-electron chi connectivity index (χ4n) is 12.7. The quantitative estimate of drug-likeness (QED) is 0.351. The minimum atomic E-state index is -0.746. The summed E-state index contributed by atoms with van der Waals surface area (Å²) >= 11 is 0. The van der Waals surface area contributed by atoms with E-state index >= 15 is 0 Å². The van der Waals surface area contributed by atoms with Gasteiger partial charge < -0.3 is 14.6 Å². The van der Waals surface area contributed by atoms with Gasteiger partial charge in [-0.3, -0.25) is 4.79 Å². The third-order valence-electron chi connectivity index (χ3n) is 14.5. The van der Waals surface area contributed by atoms with Crippen molar-refractivity contribution in [1.82, 2.24) is 0 Å². The number of ether oxygens (including phenoxy) is 2. The molecule has 0 unspecified atom stereocenters. The van der Waals surface area contributed by atoms with Gasteiger partial charge in [-0.25, -0.2) is 0 Å². The normalized spacial score (nSPS) is 55.9. The number of hydrogen-bond donors (Lipinski definition) is 1. The summed E-state index contributed by atoms with van der Waals surface area (Å²) in [5.41, 5.74) is 0.125. The Morgan fingerprint density at radius 2 is 1.45 bits per heavy atom. The minimum Gasteiger partial charge on any atom is -0.433 e. The predicted molar refractivity (Wildman–Crippen MR) is 150 cm³/mol. The number of esters is 1. The zero-order valence-electron chi connectivity index (χ0n) is 25.7. The average molecular weight is 529 g/mol. The second-order valence-electron chi connectivity index (χ2n) is 16.9. The van der Waals surface area contributed by atoms with Gasteiger partial charge in [-0.15, -0.1) is 0 Å². The fourth-order valence-corrected chi connectivity index (χ4v) is 12.7. The van der Waals surface area contributed by atoms with Crippen LogP contribution in [0.3, 0.4) is 0 Å². The second-order valence-corrected chi connectivity index (χ2v) is 16.9. The van der Waals surface area contributed by atoms with Crippen LogP contribution in [-0.4, -0.2) is 28.6 Å². The fraction of sp³-hybridized carbons (Fsp3) is 0.971. The molecule has 0 aromatic heterocycles. The van der Waals surface area contributed by atoms with Crippen LogP contribution in [-0.2, 0) is 14.3 Å². The van der Waals surface area contributed by atoms with Crippen molar-refractivity contribution in [3.8, 4) is 0 Å². The maximum Gasteiger partial charge on any atom is 0.311 e. The van der Waals surface area contributed by atoms with Gasteiger partial charge in [-0.05, 0) is 110 Å². The summed E-state index contributed by atoms with van der Waals surface area (Å²) in [7, 11) is 0. The Morgan fingerprint density at radius 1 is 0.816 bits per heavy atom. The summed E-state index contributed by atoms with van der Waals surface area (Å²) in [6.45, 7) is 19.3. The Kier molecular flexibility index (Phi) is 6.14. The van der Waals surface area contributed by atoms with Crippen LogP contribution in [0.25, 0.3) is 0 Å². The number of fused-ring (bicyclic) bond motifs is 6. The first-order valence-electron chi connectivity index (χ1n) is 16.2. The van der Waals surface area contributed by atoms with Gasteiger partial charge in [0.2, 0.25) is 5.79 Å². The molecule has 6 aliphatic rings. The van der Waals surface area contributed by atoms with Crippen LogP contribution in [0.1, 0.15) is 132 Å². The molecule has 1 aliphatic heterocycles. The van der Waals surface area contributed by atoms with Crippen LogP contribution in [0.15, 0.2) is 0 Å². The molecule has 2 spiro atoms. The summed E-state index contributed by atoms with van der Waals surface area (Å²) in [5.74, 6) is 2.30. The Balaban J connectivity index is 1.36.